The van der Waals surface area contributed by atoms with Gasteiger partial charge in [0.25, 0.3) is 0 Å². The summed E-state index contributed by atoms with van der Waals surface area (Å²) < 4.78 is 24.7. The predicted molar refractivity (Wildman–Crippen MR) is 65.5 cm³/mol. The number of nitrogens with one attached hydrogen (secondary N) is 2. The molecule has 0 aliphatic carbocycles. The molecule has 1 aromatic rings. The van der Waals surface area contributed by atoms with Crippen LogP contribution in [0.15, 0.2) is 43.0 Å². The first-order chi connectivity index (χ1) is 7.92. The van der Waals surface area contributed by atoms with Gasteiger partial charge in [-0.3, -0.25) is 4.79 Å². The molecule has 0 saturated heterocycles. The average molecular weight is 254 g/mol. The normalized spacial score (nSPS) is 12.8. The molecule has 0 aromatic heterocycles. The summed E-state index contributed by atoms with van der Waals surface area (Å²) in [7, 11) is -3.42. The Balaban J connectivity index is 2.94. The molecule has 0 fully saturated rings. The van der Waals surface area contributed by atoms with Crippen molar-refractivity contribution >= 4 is 15.9 Å². The second-order valence-corrected chi connectivity index (χ2v) is 5.23. The molecule has 6 heteroatoms. The summed E-state index contributed by atoms with van der Waals surface area (Å²) in [4.78, 5) is 11.2. The minimum Gasteiger partial charge on any atom is -0.332 e. The van der Waals surface area contributed by atoms with Gasteiger partial charge in [0.05, 0.1) is 6.26 Å². The lowest BCUT2D eigenvalue weighted by Gasteiger charge is -2.18. The van der Waals surface area contributed by atoms with E-state index in [-0.39, 0.29) is 0 Å². The number of benzene rings is 1. The Kier molecular flexibility index (Phi) is 4.42. The number of carbonyl (C=O) groups is 1. The van der Waals surface area contributed by atoms with Crippen molar-refractivity contribution in [3.05, 3.63) is 48.6 Å². The largest absolute Gasteiger partial charge is 0.332 e. The van der Waals surface area contributed by atoms with Crippen LogP contribution in [-0.4, -0.2) is 20.6 Å². The van der Waals surface area contributed by atoms with E-state index in [1.54, 1.807) is 30.3 Å². The molecule has 2 N–H and O–H groups in total. The zero-order valence-electron chi connectivity index (χ0n) is 9.38. The van der Waals surface area contributed by atoms with Crippen LogP contribution in [0, 0.1) is 0 Å². The Morgan fingerprint density at radius 2 is 1.94 bits per heavy atom. The van der Waals surface area contributed by atoms with Gasteiger partial charge in [0.1, 0.15) is 6.17 Å². The van der Waals surface area contributed by atoms with Crippen LogP contribution in [0.5, 0.6) is 0 Å². The van der Waals surface area contributed by atoms with Crippen LogP contribution in [0.2, 0.25) is 0 Å². The van der Waals surface area contributed by atoms with Crippen LogP contribution in [0.25, 0.3) is 0 Å². The van der Waals surface area contributed by atoms with Crippen molar-refractivity contribution in [2.24, 2.45) is 0 Å². The zero-order valence-corrected chi connectivity index (χ0v) is 10.2. The number of carbonyl (C=O) groups excluding carboxylic acids is 1. The SMILES string of the molecule is C=CC(=O)NC(NS(C)(=O)=O)c1ccccc1. The third-order valence-corrected chi connectivity index (χ3v) is 2.60. The highest BCUT2D eigenvalue weighted by atomic mass is 32.2. The summed E-state index contributed by atoms with van der Waals surface area (Å²) >= 11 is 0. The van der Waals surface area contributed by atoms with E-state index in [4.69, 9.17) is 0 Å². The van der Waals surface area contributed by atoms with Crippen molar-refractivity contribution in [2.45, 2.75) is 6.17 Å². The number of hydrogen-bond donors (Lipinski definition) is 2. The third-order valence-electron chi connectivity index (χ3n) is 1.94. The topological polar surface area (TPSA) is 75.3 Å². The zero-order chi connectivity index (χ0) is 12.9. The minimum absolute atomic E-state index is 0.449. The highest BCUT2D eigenvalue weighted by Gasteiger charge is 2.16. The first kappa shape index (κ1) is 13.4. The van der Waals surface area contributed by atoms with Gasteiger partial charge in [-0.2, -0.15) is 4.72 Å². The van der Waals surface area contributed by atoms with Crippen molar-refractivity contribution in [2.75, 3.05) is 6.26 Å². The van der Waals surface area contributed by atoms with E-state index in [9.17, 15) is 13.2 Å². The first-order valence-electron chi connectivity index (χ1n) is 4.87. The lowest BCUT2D eigenvalue weighted by Crippen LogP contribution is -2.39. The Labute approximate surface area is 101 Å². The van der Waals surface area contributed by atoms with E-state index in [1.165, 1.54) is 0 Å². The molecule has 0 saturated carbocycles. The van der Waals surface area contributed by atoms with Crippen LogP contribution in [0.4, 0.5) is 0 Å². The van der Waals surface area contributed by atoms with Crippen molar-refractivity contribution < 1.29 is 13.2 Å². The molecule has 1 atom stereocenters. The Hall–Kier alpha value is -1.66. The van der Waals surface area contributed by atoms with Crippen molar-refractivity contribution in [1.82, 2.24) is 10.0 Å². The monoisotopic (exact) mass is 254 g/mol. The lowest BCUT2D eigenvalue weighted by atomic mass is 10.2. The van der Waals surface area contributed by atoms with E-state index in [0.717, 1.165) is 12.3 Å². The minimum atomic E-state index is -3.42. The van der Waals surface area contributed by atoms with E-state index < -0.39 is 22.1 Å². The maximum Gasteiger partial charge on any atom is 0.244 e. The van der Waals surface area contributed by atoms with Crippen LogP contribution in [-0.2, 0) is 14.8 Å². The van der Waals surface area contributed by atoms with Gasteiger partial charge in [-0.15, -0.1) is 0 Å². The Morgan fingerprint density at radius 1 is 1.35 bits per heavy atom. The molecule has 1 aromatic carbocycles. The number of sulfonamides is 1. The molecule has 0 aliphatic rings. The van der Waals surface area contributed by atoms with E-state index in [2.05, 4.69) is 16.6 Å². The fourth-order valence-electron chi connectivity index (χ4n) is 1.24. The summed E-state index contributed by atoms with van der Waals surface area (Å²) in [5.74, 6) is -0.449. The van der Waals surface area contributed by atoms with Gasteiger partial charge in [-0.25, -0.2) is 8.42 Å². The van der Waals surface area contributed by atoms with Crippen LogP contribution < -0.4 is 10.0 Å². The fraction of sp³-hybridized carbons (Fsp3) is 0.182. The molecule has 0 aliphatic heterocycles. The summed E-state index contributed by atoms with van der Waals surface area (Å²) in [5.41, 5.74) is 0.646. The van der Waals surface area contributed by atoms with Crippen molar-refractivity contribution in [1.29, 1.82) is 0 Å². The fourth-order valence-corrected chi connectivity index (χ4v) is 1.86. The smallest absolute Gasteiger partial charge is 0.244 e. The van der Waals surface area contributed by atoms with Gasteiger partial charge in [0.2, 0.25) is 15.9 Å². The van der Waals surface area contributed by atoms with E-state index >= 15 is 0 Å². The third kappa shape index (κ3) is 4.80. The molecule has 0 radical (unpaired) electrons. The molecular formula is C11H14N2O3S. The van der Waals surface area contributed by atoms with Crippen LogP contribution in [0.1, 0.15) is 11.7 Å². The molecule has 92 valence electrons. The van der Waals surface area contributed by atoms with Crippen LogP contribution >= 0.6 is 0 Å². The molecule has 17 heavy (non-hydrogen) atoms. The maximum atomic E-state index is 11.2. The van der Waals surface area contributed by atoms with Gasteiger partial charge in [0.15, 0.2) is 0 Å². The summed E-state index contributed by atoms with van der Waals surface area (Å²) in [6, 6.07) is 8.74. The number of hydrogen-bond acceptors (Lipinski definition) is 3. The second kappa shape index (κ2) is 5.60. The number of amides is 1. The molecule has 0 heterocycles. The van der Waals surface area contributed by atoms with Crippen molar-refractivity contribution in [3.8, 4) is 0 Å². The van der Waals surface area contributed by atoms with E-state index in [0.29, 0.717) is 5.56 Å². The molecule has 0 bridgehead atoms. The van der Waals surface area contributed by atoms with E-state index in [1.807, 2.05) is 0 Å². The van der Waals surface area contributed by atoms with Crippen LogP contribution in [0.3, 0.4) is 0 Å². The quantitative estimate of drug-likeness (QED) is 0.594. The molecule has 1 rings (SSSR count). The van der Waals surface area contributed by atoms with Gasteiger partial charge < -0.3 is 5.32 Å². The highest BCUT2D eigenvalue weighted by molar-refractivity contribution is 7.88. The molecular weight excluding hydrogens is 240 g/mol. The van der Waals surface area contributed by atoms with Gasteiger partial charge in [0, 0.05) is 0 Å². The number of rotatable bonds is 5. The molecule has 0 spiro atoms. The molecule has 5 nitrogen and oxygen atoms in total. The predicted octanol–water partition coefficient (Wildman–Crippen LogP) is 0.537. The van der Waals surface area contributed by atoms with Gasteiger partial charge in [-0.05, 0) is 11.6 Å². The summed E-state index contributed by atoms with van der Waals surface area (Å²) in [6.45, 7) is 3.31. The van der Waals surface area contributed by atoms with Crippen molar-refractivity contribution in [3.63, 3.8) is 0 Å². The Morgan fingerprint density at radius 3 is 2.41 bits per heavy atom. The second-order valence-electron chi connectivity index (χ2n) is 3.45. The summed E-state index contributed by atoms with van der Waals surface area (Å²) in [5, 5.41) is 2.49. The summed E-state index contributed by atoms with van der Waals surface area (Å²) in [6.07, 6.45) is 1.32. The standard InChI is InChI=1S/C11H14N2O3S/c1-3-10(14)12-11(13-17(2,15)16)9-7-5-4-6-8-9/h3-8,11,13H,1H2,2H3,(H,12,14). The highest BCUT2D eigenvalue weighted by Crippen LogP contribution is 2.10. The molecule has 1 unspecified atom stereocenters. The molecule has 1 amide bonds. The van der Waals surface area contributed by atoms with Gasteiger partial charge >= 0.3 is 0 Å². The average Bonchev–Trinajstić information content (AvgIpc) is 2.27. The first-order valence-corrected chi connectivity index (χ1v) is 6.76. The Bertz CT molecular complexity index is 497. The lowest BCUT2D eigenvalue weighted by molar-refractivity contribution is -0.117. The van der Waals surface area contributed by atoms with Gasteiger partial charge in [-0.1, -0.05) is 36.9 Å². The maximum absolute atomic E-state index is 11.2.